The van der Waals surface area contributed by atoms with Gasteiger partial charge in [-0.25, -0.2) is 4.98 Å². The van der Waals surface area contributed by atoms with Crippen LogP contribution in [0.25, 0.3) is 0 Å². The second-order valence-corrected chi connectivity index (χ2v) is 5.37. The lowest BCUT2D eigenvalue weighted by atomic mass is 9.58. The molecule has 0 amide bonds. The van der Waals surface area contributed by atoms with E-state index in [0.717, 1.165) is 18.8 Å². The third kappa shape index (κ3) is 2.08. The van der Waals surface area contributed by atoms with Crippen LogP contribution in [0.4, 0.5) is 0 Å². The number of H-pyrrole nitrogens is 1. The lowest BCUT2D eigenvalue weighted by molar-refractivity contribution is -0.158. The van der Waals surface area contributed by atoms with Crippen molar-refractivity contribution in [1.29, 1.82) is 0 Å². The van der Waals surface area contributed by atoms with E-state index >= 15 is 0 Å². The van der Waals surface area contributed by atoms with Crippen molar-refractivity contribution in [2.45, 2.75) is 51.8 Å². The summed E-state index contributed by atoms with van der Waals surface area (Å²) < 4.78 is 5.65. The number of aromatic nitrogens is 2. The molecular formula is C14H25N3O. The van der Waals surface area contributed by atoms with E-state index in [-0.39, 0.29) is 0 Å². The molecule has 0 aliphatic heterocycles. The molecule has 1 aliphatic carbocycles. The summed E-state index contributed by atoms with van der Waals surface area (Å²) in [4.78, 5) is 9.90. The summed E-state index contributed by atoms with van der Waals surface area (Å²) in [6, 6.07) is 0.600. The van der Waals surface area contributed by atoms with Gasteiger partial charge in [-0.05, 0) is 26.3 Å². The van der Waals surface area contributed by atoms with Crippen LogP contribution >= 0.6 is 0 Å². The van der Waals surface area contributed by atoms with Gasteiger partial charge >= 0.3 is 0 Å². The van der Waals surface area contributed by atoms with Gasteiger partial charge in [0.05, 0.1) is 12.6 Å². The first-order valence-electron chi connectivity index (χ1n) is 6.89. The van der Waals surface area contributed by atoms with E-state index < -0.39 is 0 Å². The molecule has 1 N–H and O–H groups in total. The maximum absolute atomic E-state index is 5.65. The van der Waals surface area contributed by atoms with Gasteiger partial charge in [0.25, 0.3) is 0 Å². The summed E-state index contributed by atoms with van der Waals surface area (Å²) in [5, 5.41) is 0. The van der Waals surface area contributed by atoms with Crippen LogP contribution in [0.2, 0.25) is 0 Å². The van der Waals surface area contributed by atoms with E-state index in [4.69, 9.17) is 4.74 Å². The van der Waals surface area contributed by atoms with E-state index in [2.05, 4.69) is 35.8 Å². The third-order valence-corrected chi connectivity index (χ3v) is 4.83. The molecule has 1 saturated carbocycles. The van der Waals surface area contributed by atoms with Crippen LogP contribution in [0, 0.1) is 5.41 Å². The largest absolute Gasteiger partial charge is 0.381 e. The van der Waals surface area contributed by atoms with Crippen LogP contribution < -0.4 is 0 Å². The van der Waals surface area contributed by atoms with Gasteiger partial charge < -0.3 is 9.72 Å². The molecular weight excluding hydrogens is 226 g/mol. The fourth-order valence-electron chi connectivity index (χ4n) is 3.58. The Hall–Kier alpha value is -0.870. The number of nitrogens with zero attached hydrogens (tertiary/aromatic N) is 2. The molecule has 1 aromatic rings. The molecule has 2 rings (SSSR count). The van der Waals surface area contributed by atoms with Crippen molar-refractivity contribution >= 4 is 0 Å². The molecule has 0 unspecified atom stereocenters. The normalized spacial score (nSPS) is 26.3. The predicted octanol–water partition coefficient (Wildman–Crippen LogP) is 2.44. The van der Waals surface area contributed by atoms with Crippen molar-refractivity contribution in [3.63, 3.8) is 0 Å². The van der Waals surface area contributed by atoms with E-state index in [1.54, 1.807) is 0 Å². The third-order valence-electron chi connectivity index (χ3n) is 4.83. The Labute approximate surface area is 110 Å². The smallest absolute Gasteiger partial charge is 0.120 e. The topological polar surface area (TPSA) is 41.2 Å². The Balaban J connectivity index is 2.04. The van der Waals surface area contributed by atoms with E-state index in [1.807, 2.05) is 19.5 Å². The van der Waals surface area contributed by atoms with Crippen molar-refractivity contribution in [2.24, 2.45) is 5.41 Å². The molecule has 2 atom stereocenters. The zero-order valence-electron chi connectivity index (χ0n) is 11.9. The Bertz CT molecular complexity index is 359. The number of rotatable bonds is 6. The zero-order valence-corrected chi connectivity index (χ0v) is 11.9. The number of nitrogens with one attached hydrogen (secondary N) is 1. The SMILES string of the molecule is CCC1(CC)[C@@H](N(C)Cc2ncc[nH]2)C[C@H]1OC. The summed E-state index contributed by atoms with van der Waals surface area (Å²) >= 11 is 0. The average molecular weight is 251 g/mol. The highest BCUT2D eigenvalue weighted by molar-refractivity contribution is 5.07. The molecule has 1 aromatic heterocycles. The predicted molar refractivity (Wildman–Crippen MR) is 72.3 cm³/mol. The minimum atomic E-state index is 0.316. The number of hydrogen-bond acceptors (Lipinski definition) is 3. The summed E-state index contributed by atoms with van der Waals surface area (Å²) in [5.74, 6) is 1.04. The van der Waals surface area contributed by atoms with Crippen LogP contribution in [0.15, 0.2) is 12.4 Å². The minimum Gasteiger partial charge on any atom is -0.381 e. The van der Waals surface area contributed by atoms with E-state index in [1.165, 1.54) is 12.8 Å². The maximum atomic E-state index is 5.65. The maximum Gasteiger partial charge on any atom is 0.120 e. The van der Waals surface area contributed by atoms with Gasteiger partial charge in [-0.15, -0.1) is 0 Å². The standard InChI is InChI=1S/C14H25N3O/c1-5-14(6-2)11(9-12(14)18-4)17(3)10-13-15-7-8-16-13/h7-8,11-12H,5-6,9-10H2,1-4H3,(H,15,16)/t11-,12+/m0/s1. The Morgan fingerprint density at radius 3 is 2.72 bits per heavy atom. The first-order valence-corrected chi connectivity index (χ1v) is 6.89. The summed E-state index contributed by atoms with van der Waals surface area (Å²) in [6.07, 6.45) is 7.60. The lowest BCUT2D eigenvalue weighted by Crippen LogP contribution is -2.63. The molecule has 102 valence electrons. The molecule has 18 heavy (non-hydrogen) atoms. The van der Waals surface area contributed by atoms with Crippen LogP contribution in [0.3, 0.4) is 0 Å². The zero-order chi connectivity index (χ0) is 13.2. The van der Waals surface area contributed by atoms with Gasteiger partial charge in [-0.1, -0.05) is 13.8 Å². The molecule has 4 nitrogen and oxygen atoms in total. The fraction of sp³-hybridized carbons (Fsp3) is 0.786. The Morgan fingerprint density at radius 1 is 1.50 bits per heavy atom. The van der Waals surface area contributed by atoms with Gasteiger partial charge in [0.1, 0.15) is 5.82 Å². The minimum absolute atomic E-state index is 0.316. The molecule has 0 bridgehead atoms. The van der Waals surface area contributed by atoms with Gasteiger partial charge in [0.15, 0.2) is 0 Å². The van der Waals surface area contributed by atoms with Gasteiger partial charge in [-0.2, -0.15) is 0 Å². The first kappa shape index (κ1) is 13.6. The monoisotopic (exact) mass is 251 g/mol. The number of ether oxygens (including phenoxy) is 1. The Kier molecular flexibility index (Phi) is 4.07. The molecule has 1 heterocycles. The number of aromatic amines is 1. The molecule has 0 spiro atoms. The number of imidazole rings is 1. The summed E-state index contributed by atoms with van der Waals surface area (Å²) in [5.41, 5.74) is 0.316. The van der Waals surface area contributed by atoms with Crippen molar-refractivity contribution < 1.29 is 4.74 Å². The second kappa shape index (κ2) is 5.41. The quantitative estimate of drug-likeness (QED) is 0.844. The average Bonchev–Trinajstić information content (AvgIpc) is 2.83. The van der Waals surface area contributed by atoms with Crippen molar-refractivity contribution in [3.8, 4) is 0 Å². The summed E-state index contributed by atoms with van der Waals surface area (Å²) in [6.45, 7) is 5.45. The molecule has 1 aliphatic rings. The second-order valence-electron chi connectivity index (χ2n) is 5.37. The van der Waals surface area contributed by atoms with E-state index in [0.29, 0.717) is 17.6 Å². The molecule has 4 heteroatoms. The van der Waals surface area contributed by atoms with Crippen molar-refractivity contribution in [1.82, 2.24) is 14.9 Å². The van der Waals surface area contributed by atoms with Crippen LogP contribution in [0.5, 0.6) is 0 Å². The number of hydrogen-bond donors (Lipinski definition) is 1. The van der Waals surface area contributed by atoms with Gasteiger partial charge in [-0.3, -0.25) is 4.90 Å². The highest BCUT2D eigenvalue weighted by Gasteiger charge is 2.54. The highest BCUT2D eigenvalue weighted by atomic mass is 16.5. The van der Waals surface area contributed by atoms with Crippen LogP contribution in [0.1, 0.15) is 38.9 Å². The molecule has 1 fully saturated rings. The fourth-order valence-corrected chi connectivity index (χ4v) is 3.58. The van der Waals surface area contributed by atoms with Crippen LogP contribution in [-0.2, 0) is 11.3 Å². The highest BCUT2D eigenvalue weighted by Crippen LogP contribution is 2.50. The Morgan fingerprint density at radius 2 is 2.22 bits per heavy atom. The summed E-state index contributed by atoms with van der Waals surface area (Å²) in [7, 11) is 4.03. The van der Waals surface area contributed by atoms with E-state index in [9.17, 15) is 0 Å². The van der Waals surface area contributed by atoms with Crippen molar-refractivity contribution in [2.75, 3.05) is 14.2 Å². The molecule has 0 aromatic carbocycles. The van der Waals surface area contributed by atoms with Crippen molar-refractivity contribution in [3.05, 3.63) is 18.2 Å². The molecule has 0 saturated heterocycles. The lowest BCUT2D eigenvalue weighted by Gasteiger charge is -2.58. The first-order chi connectivity index (χ1) is 8.67. The van der Waals surface area contributed by atoms with Gasteiger partial charge in [0, 0.05) is 31.0 Å². The molecule has 0 radical (unpaired) electrons. The van der Waals surface area contributed by atoms with Gasteiger partial charge in [0.2, 0.25) is 0 Å². The van der Waals surface area contributed by atoms with Crippen LogP contribution in [-0.4, -0.2) is 41.2 Å². The number of methoxy groups -OCH3 is 1.